The van der Waals surface area contributed by atoms with Crippen molar-refractivity contribution in [3.05, 3.63) is 70.9 Å². The minimum absolute atomic E-state index is 0.306. The van der Waals surface area contributed by atoms with E-state index in [0.717, 1.165) is 30.4 Å². The number of ether oxygens (including phenoxy) is 2. The van der Waals surface area contributed by atoms with Crippen molar-refractivity contribution in [2.45, 2.75) is 33.1 Å². The fourth-order valence-electron chi connectivity index (χ4n) is 3.96. The summed E-state index contributed by atoms with van der Waals surface area (Å²) < 4.78 is 10.5. The van der Waals surface area contributed by atoms with Gasteiger partial charge in [-0.05, 0) is 43.0 Å². The van der Waals surface area contributed by atoms with E-state index in [9.17, 15) is 9.59 Å². The lowest BCUT2D eigenvalue weighted by Crippen LogP contribution is -2.37. The molecule has 0 atom stereocenters. The molecule has 0 unspecified atom stereocenters. The largest absolute Gasteiger partial charge is 0.383 e. The van der Waals surface area contributed by atoms with Crippen LogP contribution in [0.1, 0.15) is 36.5 Å². The Kier molecular flexibility index (Phi) is 8.80. The summed E-state index contributed by atoms with van der Waals surface area (Å²) >= 11 is 0. The van der Waals surface area contributed by atoms with E-state index in [1.807, 2.05) is 60.4 Å². The number of unbranched alkanes of at least 4 members (excludes halogenated alkanes) is 1. The molecule has 0 aromatic heterocycles. The van der Waals surface area contributed by atoms with Gasteiger partial charge in [0.25, 0.3) is 11.8 Å². The lowest BCUT2D eigenvalue weighted by atomic mass is 10.0. The molecule has 0 bridgehead atoms. The summed E-state index contributed by atoms with van der Waals surface area (Å²) in [5, 5.41) is 0. The van der Waals surface area contributed by atoms with Crippen LogP contribution in [0.15, 0.2) is 54.2 Å². The summed E-state index contributed by atoms with van der Waals surface area (Å²) in [6, 6.07) is 15.5. The smallest absolute Gasteiger partial charge is 0.282 e. The van der Waals surface area contributed by atoms with E-state index in [4.69, 9.17) is 9.47 Å². The van der Waals surface area contributed by atoms with Crippen LogP contribution in [0.4, 0.5) is 5.69 Å². The fraction of sp³-hybridized carbons (Fsp3) is 0.407. The zero-order chi connectivity index (χ0) is 23.8. The maximum atomic E-state index is 13.7. The molecular formula is C27H34N2O4. The number of hydrogen-bond donors (Lipinski definition) is 0. The fourth-order valence-corrected chi connectivity index (χ4v) is 3.96. The van der Waals surface area contributed by atoms with Crippen LogP contribution >= 0.6 is 0 Å². The number of nitrogens with zero attached hydrogens (tertiary/aromatic N) is 2. The van der Waals surface area contributed by atoms with Crippen molar-refractivity contribution in [1.29, 1.82) is 0 Å². The lowest BCUT2D eigenvalue weighted by molar-refractivity contribution is -0.120. The van der Waals surface area contributed by atoms with Crippen LogP contribution in [0.3, 0.4) is 0 Å². The summed E-state index contributed by atoms with van der Waals surface area (Å²) in [6.07, 6.45) is 3.22. The van der Waals surface area contributed by atoms with Gasteiger partial charge in [0.1, 0.15) is 5.70 Å². The van der Waals surface area contributed by atoms with Crippen LogP contribution in [0, 0.1) is 6.92 Å². The monoisotopic (exact) mass is 450 g/mol. The van der Waals surface area contributed by atoms with E-state index in [1.54, 1.807) is 14.2 Å². The highest BCUT2D eigenvalue weighted by Gasteiger charge is 2.42. The molecule has 2 aromatic carbocycles. The molecule has 2 amide bonds. The highest BCUT2D eigenvalue weighted by molar-refractivity contribution is 6.45. The Morgan fingerprint density at radius 3 is 2.00 bits per heavy atom. The maximum Gasteiger partial charge on any atom is 0.282 e. The predicted molar refractivity (Wildman–Crippen MR) is 131 cm³/mol. The van der Waals surface area contributed by atoms with Gasteiger partial charge >= 0.3 is 0 Å². The second kappa shape index (κ2) is 11.8. The van der Waals surface area contributed by atoms with Gasteiger partial charge in [-0.15, -0.1) is 0 Å². The molecule has 6 nitrogen and oxygen atoms in total. The first-order valence-electron chi connectivity index (χ1n) is 11.5. The van der Waals surface area contributed by atoms with E-state index in [0.29, 0.717) is 43.3 Å². The van der Waals surface area contributed by atoms with Crippen molar-refractivity contribution in [2.24, 2.45) is 0 Å². The zero-order valence-electron chi connectivity index (χ0n) is 20.1. The first-order valence-corrected chi connectivity index (χ1v) is 11.5. The average molecular weight is 451 g/mol. The molecular weight excluding hydrogens is 416 g/mol. The Bertz CT molecular complexity index is 972. The number of carbonyl (C=O) groups is 2. The van der Waals surface area contributed by atoms with Crippen molar-refractivity contribution >= 4 is 23.1 Å². The van der Waals surface area contributed by atoms with Crippen molar-refractivity contribution in [3.63, 3.8) is 0 Å². The predicted octanol–water partition coefficient (Wildman–Crippen LogP) is 4.22. The standard InChI is InChI=1S/C27H34N2O4/c1-5-6-7-21-10-14-23(15-11-21)29-26(30)24(22-12-8-20(2)9-13-22)25(27(29)31)28(16-18-32-3)17-19-33-4/h8-15H,5-7,16-19H2,1-4H3. The number of benzene rings is 2. The SMILES string of the molecule is CCCCc1ccc(N2C(=O)C(c3ccc(C)cc3)=C(N(CCOC)CCOC)C2=O)cc1. The molecule has 6 heteroatoms. The van der Waals surface area contributed by atoms with Crippen molar-refractivity contribution < 1.29 is 19.1 Å². The minimum atomic E-state index is -0.316. The van der Waals surface area contributed by atoms with Gasteiger partial charge in [-0.25, -0.2) is 4.90 Å². The number of imide groups is 1. The highest BCUT2D eigenvalue weighted by Crippen LogP contribution is 2.35. The molecule has 2 aromatic rings. The summed E-state index contributed by atoms with van der Waals surface area (Å²) in [5.74, 6) is -0.621. The number of amides is 2. The number of anilines is 1. The average Bonchev–Trinajstić information content (AvgIpc) is 3.08. The van der Waals surface area contributed by atoms with Crippen LogP contribution in [-0.4, -0.2) is 57.2 Å². The number of methoxy groups -OCH3 is 2. The van der Waals surface area contributed by atoms with Crippen molar-refractivity contribution in [1.82, 2.24) is 4.90 Å². The van der Waals surface area contributed by atoms with Gasteiger partial charge < -0.3 is 14.4 Å². The van der Waals surface area contributed by atoms with Crippen LogP contribution in [0.5, 0.6) is 0 Å². The number of hydrogen-bond acceptors (Lipinski definition) is 5. The van der Waals surface area contributed by atoms with Crippen LogP contribution < -0.4 is 4.90 Å². The molecule has 0 aliphatic carbocycles. The second-order valence-corrected chi connectivity index (χ2v) is 8.28. The molecule has 0 fully saturated rings. The first kappa shape index (κ1) is 24.7. The Hall–Kier alpha value is -2.96. The van der Waals surface area contributed by atoms with Gasteiger partial charge in [-0.1, -0.05) is 55.3 Å². The molecule has 176 valence electrons. The summed E-state index contributed by atoms with van der Waals surface area (Å²) in [7, 11) is 3.25. The third-order valence-corrected chi connectivity index (χ3v) is 5.86. The minimum Gasteiger partial charge on any atom is -0.383 e. The van der Waals surface area contributed by atoms with E-state index in [-0.39, 0.29) is 11.8 Å². The van der Waals surface area contributed by atoms with Gasteiger partial charge in [-0.3, -0.25) is 9.59 Å². The normalized spacial score (nSPS) is 13.9. The second-order valence-electron chi connectivity index (χ2n) is 8.28. The van der Waals surface area contributed by atoms with E-state index in [2.05, 4.69) is 6.92 Å². The number of rotatable bonds is 12. The molecule has 3 rings (SSSR count). The third kappa shape index (κ3) is 5.70. The van der Waals surface area contributed by atoms with Gasteiger partial charge in [0.05, 0.1) is 24.5 Å². The molecule has 0 saturated carbocycles. The number of carbonyl (C=O) groups excluding carboxylic acids is 2. The number of aryl methyl sites for hydroxylation is 2. The van der Waals surface area contributed by atoms with Crippen molar-refractivity contribution in [2.75, 3.05) is 45.4 Å². The first-order chi connectivity index (χ1) is 16.0. The Balaban J connectivity index is 2.03. The Morgan fingerprint density at radius 2 is 1.45 bits per heavy atom. The zero-order valence-corrected chi connectivity index (χ0v) is 20.1. The van der Waals surface area contributed by atoms with Crippen LogP contribution in [-0.2, 0) is 25.5 Å². The maximum absolute atomic E-state index is 13.7. The molecule has 33 heavy (non-hydrogen) atoms. The molecule has 1 heterocycles. The molecule has 1 aliphatic rings. The third-order valence-electron chi connectivity index (χ3n) is 5.86. The molecule has 0 spiro atoms. The van der Waals surface area contributed by atoms with Crippen molar-refractivity contribution in [3.8, 4) is 0 Å². The van der Waals surface area contributed by atoms with Gasteiger partial charge in [-0.2, -0.15) is 0 Å². The van der Waals surface area contributed by atoms with Gasteiger partial charge in [0.15, 0.2) is 0 Å². The van der Waals surface area contributed by atoms with E-state index in [1.165, 1.54) is 10.5 Å². The van der Waals surface area contributed by atoms with Crippen LogP contribution in [0.25, 0.3) is 5.57 Å². The highest BCUT2D eigenvalue weighted by atomic mass is 16.5. The summed E-state index contributed by atoms with van der Waals surface area (Å²) in [4.78, 5) is 30.6. The molecule has 1 aliphatic heterocycles. The summed E-state index contributed by atoms with van der Waals surface area (Å²) in [5.41, 5.74) is 4.43. The van der Waals surface area contributed by atoms with Gasteiger partial charge in [0, 0.05) is 27.3 Å². The van der Waals surface area contributed by atoms with E-state index < -0.39 is 0 Å². The lowest BCUT2D eigenvalue weighted by Gasteiger charge is -2.25. The quantitative estimate of drug-likeness (QED) is 0.453. The van der Waals surface area contributed by atoms with Crippen LogP contribution in [0.2, 0.25) is 0 Å². The molecule has 0 radical (unpaired) electrons. The molecule has 0 saturated heterocycles. The van der Waals surface area contributed by atoms with E-state index >= 15 is 0 Å². The Labute approximate surface area is 196 Å². The molecule has 0 N–H and O–H groups in total. The summed E-state index contributed by atoms with van der Waals surface area (Å²) in [6.45, 7) is 5.98. The Morgan fingerprint density at radius 1 is 0.848 bits per heavy atom. The van der Waals surface area contributed by atoms with Gasteiger partial charge in [0.2, 0.25) is 0 Å². The topological polar surface area (TPSA) is 59.1 Å².